The van der Waals surface area contributed by atoms with E-state index in [1.54, 1.807) is 0 Å². The highest BCUT2D eigenvalue weighted by Gasteiger charge is 2.22. The Balaban J connectivity index is 1.76. The van der Waals surface area contributed by atoms with Gasteiger partial charge in [-0.3, -0.25) is 4.90 Å². The Morgan fingerprint density at radius 2 is 1.85 bits per heavy atom. The zero-order chi connectivity index (χ0) is 14.2. The molecule has 1 heterocycles. The fourth-order valence-corrected chi connectivity index (χ4v) is 3.57. The van der Waals surface area contributed by atoms with Crippen molar-refractivity contribution in [3.63, 3.8) is 0 Å². The third-order valence-corrected chi connectivity index (χ3v) is 4.97. The minimum atomic E-state index is 0.835. The summed E-state index contributed by atoms with van der Waals surface area (Å²) in [6.07, 6.45) is 8.47. The average molecular weight is 281 g/mol. The fraction of sp³-hybridized carbons (Fsp3) is 1.00. The molecule has 2 rings (SSSR count). The Morgan fingerprint density at radius 1 is 1.05 bits per heavy atom. The number of rotatable bonds is 7. The van der Waals surface area contributed by atoms with Crippen LogP contribution in [0.1, 0.15) is 52.4 Å². The average Bonchev–Trinajstić information content (AvgIpc) is 2.83. The lowest BCUT2D eigenvalue weighted by Gasteiger charge is -2.32. The van der Waals surface area contributed by atoms with Gasteiger partial charge in [0.15, 0.2) is 0 Å². The number of hydrogen-bond acceptors (Lipinski definition) is 3. The summed E-state index contributed by atoms with van der Waals surface area (Å²) in [5.41, 5.74) is 0. The topological polar surface area (TPSA) is 18.5 Å². The molecule has 118 valence electrons. The van der Waals surface area contributed by atoms with Gasteiger partial charge in [0.25, 0.3) is 0 Å². The minimum absolute atomic E-state index is 0.835. The van der Waals surface area contributed by atoms with Crippen LogP contribution in [0.15, 0.2) is 0 Å². The molecule has 0 atom stereocenters. The summed E-state index contributed by atoms with van der Waals surface area (Å²) in [4.78, 5) is 5.47. The van der Waals surface area contributed by atoms with Crippen LogP contribution in [-0.4, -0.2) is 61.7 Å². The molecule has 0 aromatic heterocycles. The van der Waals surface area contributed by atoms with E-state index in [2.05, 4.69) is 29.0 Å². The first-order valence-electron chi connectivity index (χ1n) is 8.93. The molecule has 2 aliphatic rings. The smallest absolute Gasteiger partial charge is 0.0112 e. The van der Waals surface area contributed by atoms with Gasteiger partial charge in [-0.2, -0.15) is 0 Å². The normalized spacial score (nSPS) is 22.8. The van der Waals surface area contributed by atoms with Crippen molar-refractivity contribution in [1.82, 2.24) is 15.1 Å². The van der Waals surface area contributed by atoms with Gasteiger partial charge in [0.05, 0.1) is 0 Å². The second kappa shape index (κ2) is 9.01. The first kappa shape index (κ1) is 16.3. The van der Waals surface area contributed by atoms with Crippen LogP contribution in [0.4, 0.5) is 0 Å². The summed E-state index contributed by atoms with van der Waals surface area (Å²) in [6, 6.07) is 0.888. The summed E-state index contributed by atoms with van der Waals surface area (Å²) >= 11 is 0. The second-order valence-corrected chi connectivity index (χ2v) is 7.10. The molecule has 0 aromatic carbocycles. The van der Waals surface area contributed by atoms with E-state index in [4.69, 9.17) is 0 Å². The third kappa shape index (κ3) is 5.71. The minimum Gasteiger partial charge on any atom is -0.315 e. The molecule has 1 saturated carbocycles. The van der Waals surface area contributed by atoms with Crippen molar-refractivity contribution in [3.8, 4) is 0 Å². The highest BCUT2D eigenvalue weighted by molar-refractivity contribution is 4.79. The van der Waals surface area contributed by atoms with Gasteiger partial charge in [-0.25, -0.2) is 0 Å². The molecule has 0 radical (unpaired) electrons. The van der Waals surface area contributed by atoms with Crippen molar-refractivity contribution in [2.75, 3.05) is 45.8 Å². The Kier molecular flexibility index (Phi) is 7.32. The molecule has 20 heavy (non-hydrogen) atoms. The van der Waals surface area contributed by atoms with E-state index in [1.165, 1.54) is 84.3 Å². The maximum Gasteiger partial charge on any atom is 0.0112 e. The highest BCUT2D eigenvalue weighted by atomic mass is 15.2. The van der Waals surface area contributed by atoms with Gasteiger partial charge >= 0.3 is 0 Å². The molecule has 1 saturated heterocycles. The molecule has 1 N–H and O–H groups in total. The SMILES string of the molecule is CC(C)CCN(CCN1CCCNCC1)C1CCCC1. The van der Waals surface area contributed by atoms with Crippen LogP contribution in [0, 0.1) is 5.92 Å². The molecule has 0 unspecified atom stereocenters. The van der Waals surface area contributed by atoms with E-state index in [0.29, 0.717) is 0 Å². The summed E-state index contributed by atoms with van der Waals surface area (Å²) in [7, 11) is 0. The molecular formula is C17H35N3. The lowest BCUT2D eigenvalue weighted by Crippen LogP contribution is -2.41. The molecule has 0 aromatic rings. The van der Waals surface area contributed by atoms with Gasteiger partial charge in [-0.1, -0.05) is 26.7 Å². The van der Waals surface area contributed by atoms with Crippen molar-refractivity contribution >= 4 is 0 Å². The quantitative estimate of drug-likeness (QED) is 0.774. The molecule has 2 fully saturated rings. The first-order chi connectivity index (χ1) is 9.75. The van der Waals surface area contributed by atoms with Crippen molar-refractivity contribution in [2.45, 2.75) is 58.4 Å². The van der Waals surface area contributed by atoms with Crippen LogP contribution >= 0.6 is 0 Å². The van der Waals surface area contributed by atoms with Gasteiger partial charge in [-0.05, 0) is 51.2 Å². The lowest BCUT2D eigenvalue weighted by atomic mass is 10.1. The van der Waals surface area contributed by atoms with Crippen LogP contribution in [0.3, 0.4) is 0 Å². The maximum atomic E-state index is 3.50. The highest BCUT2D eigenvalue weighted by Crippen LogP contribution is 2.24. The van der Waals surface area contributed by atoms with Crippen LogP contribution in [-0.2, 0) is 0 Å². The van der Waals surface area contributed by atoms with Crippen LogP contribution < -0.4 is 5.32 Å². The molecule has 0 amide bonds. The third-order valence-electron chi connectivity index (χ3n) is 4.97. The molecule has 0 bridgehead atoms. The van der Waals surface area contributed by atoms with E-state index in [9.17, 15) is 0 Å². The largest absolute Gasteiger partial charge is 0.315 e. The summed E-state index contributed by atoms with van der Waals surface area (Å²) in [6.45, 7) is 13.5. The maximum absolute atomic E-state index is 3.50. The molecule has 3 heteroatoms. The fourth-order valence-electron chi connectivity index (χ4n) is 3.57. The van der Waals surface area contributed by atoms with E-state index in [-0.39, 0.29) is 0 Å². The molecular weight excluding hydrogens is 246 g/mol. The summed E-state index contributed by atoms with van der Waals surface area (Å²) in [5, 5.41) is 3.50. The van der Waals surface area contributed by atoms with Gasteiger partial charge < -0.3 is 10.2 Å². The summed E-state index contributed by atoms with van der Waals surface area (Å²) < 4.78 is 0. The number of nitrogens with zero attached hydrogens (tertiary/aromatic N) is 2. The second-order valence-electron chi connectivity index (χ2n) is 7.10. The van der Waals surface area contributed by atoms with Crippen LogP contribution in [0.5, 0.6) is 0 Å². The van der Waals surface area contributed by atoms with E-state index < -0.39 is 0 Å². The van der Waals surface area contributed by atoms with E-state index in [0.717, 1.165) is 12.0 Å². The molecule has 1 aliphatic carbocycles. The monoisotopic (exact) mass is 281 g/mol. The molecule has 3 nitrogen and oxygen atoms in total. The summed E-state index contributed by atoms with van der Waals surface area (Å²) in [5.74, 6) is 0.835. The van der Waals surface area contributed by atoms with Crippen molar-refractivity contribution < 1.29 is 0 Å². The Bertz CT molecular complexity index is 241. The Labute approximate surface area is 126 Å². The number of hydrogen-bond donors (Lipinski definition) is 1. The van der Waals surface area contributed by atoms with Crippen molar-refractivity contribution in [3.05, 3.63) is 0 Å². The van der Waals surface area contributed by atoms with Gasteiger partial charge in [0, 0.05) is 32.2 Å². The zero-order valence-corrected chi connectivity index (χ0v) is 13.7. The van der Waals surface area contributed by atoms with Crippen LogP contribution in [0.2, 0.25) is 0 Å². The predicted octanol–water partition coefficient (Wildman–Crippen LogP) is 2.57. The lowest BCUT2D eigenvalue weighted by molar-refractivity contribution is 0.157. The first-order valence-corrected chi connectivity index (χ1v) is 8.93. The Morgan fingerprint density at radius 3 is 2.60 bits per heavy atom. The molecule has 0 spiro atoms. The van der Waals surface area contributed by atoms with E-state index >= 15 is 0 Å². The zero-order valence-electron chi connectivity index (χ0n) is 13.7. The standard InChI is InChI=1S/C17H35N3/c1-16(2)8-12-20(17-6-3-4-7-17)15-14-19-11-5-9-18-10-13-19/h16-18H,3-15H2,1-2H3. The van der Waals surface area contributed by atoms with Crippen LogP contribution in [0.25, 0.3) is 0 Å². The number of nitrogens with one attached hydrogen (secondary N) is 1. The van der Waals surface area contributed by atoms with Gasteiger partial charge in [0.2, 0.25) is 0 Å². The van der Waals surface area contributed by atoms with Crippen molar-refractivity contribution in [2.24, 2.45) is 5.92 Å². The van der Waals surface area contributed by atoms with Crippen molar-refractivity contribution in [1.29, 1.82) is 0 Å². The Hall–Kier alpha value is -0.120. The van der Waals surface area contributed by atoms with Gasteiger partial charge in [0.1, 0.15) is 0 Å². The predicted molar refractivity (Wildman–Crippen MR) is 87.2 cm³/mol. The molecule has 1 aliphatic heterocycles. The van der Waals surface area contributed by atoms with E-state index in [1.807, 2.05) is 0 Å². The van der Waals surface area contributed by atoms with Gasteiger partial charge in [-0.15, -0.1) is 0 Å².